The minimum Gasteiger partial charge on any atom is -0.337 e. The Kier molecular flexibility index (Phi) is 3.46. The fourth-order valence-electron chi connectivity index (χ4n) is 0.828. The van der Waals surface area contributed by atoms with E-state index in [4.69, 9.17) is 0 Å². The van der Waals surface area contributed by atoms with Crippen LogP contribution in [0.25, 0.3) is 0 Å². The van der Waals surface area contributed by atoms with Crippen LogP contribution in [0, 0.1) is 11.8 Å². The molecule has 0 heterocycles. The van der Waals surface area contributed by atoms with E-state index in [1.165, 1.54) is 0 Å². The molecule has 0 saturated heterocycles. The van der Waals surface area contributed by atoms with Gasteiger partial charge in [0.05, 0.1) is 0 Å². The topological polar surface area (TPSA) is 41.1 Å². The third-order valence-corrected chi connectivity index (χ3v) is 1.62. The molecule has 0 radical (unpaired) electrons. The predicted octanol–water partition coefficient (Wildman–Crippen LogP) is 0.861. The molecule has 0 aromatic rings. The van der Waals surface area contributed by atoms with Gasteiger partial charge in [-0.05, 0) is 19.8 Å². The fourth-order valence-corrected chi connectivity index (χ4v) is 0.828. The average Bonchev–Trinajstić information content (AvgIpc) is 2.82. The molecule has 0 unspecified atom stereocenters. The summed E-state index contributed by atoms with van der Waals surface area (Å²) in [6, 6.07) is 0.373. The zero-order valence-electron chi connectivity index (χ0n) is 7.31. The molecule has 0 bridgehead atoms. The molecular formula is C9H14N2O. The molecule has 1 fully saturated rings. The van der Waals surface area contributed by atoms with Crippen LogP contribution in [-0.4, -0.2) is 18.6 Å². The molecule has 0 spiro atoms. The number of amides is 2. The molecule has 1 aliphatic rings. The highest BCUT2D eigenvalue weighted by atomic mass is 16.2. The summed E-state index contributed by atoms with van der Waals surface area (Å²) in [5.41, 5.74) is 0. The van der Waals surface area contributed by atoms with E-state index in [2.05, 4.69) is 22.5 Å². The SMILES string of the molecule is CC#CCCNC(=O)NC1CC1. The molecular weight excluding hydrogens is 152 g/mol. The number of hydrogen-bond acceptors (Lipinski definition) is 1. The fraction of sp³-hybridized carbons (Fsp3) is 0.667. The predicted molar refractivity (Wildman–Crippen MR) is 47.6 cm³/mol. The van der Waals surface area contributed by atoms with E-state index in [1.54, 1.807) is 6.92 Å². The van der Waals surface area contributed by atoms with Crippen molar-refractivity contribution in [3.05, 3.63) is 0 Å². The summed E-state index contributed by atoms with van der Waals surface area (Å²) in [4.78, 5) is 11.0. The van der Waals surface area contributed by atoms with Crippen molar-refractivity contribution >= 4 is 6.03 Å². The van der Waals surface area contributed by atoms with Crippen LogP contribution < -0.4 is 10.6 Å². The number of rotatable bonds is 3. The molecule has 0 aromatic heterocycles. The number of hydrogen-bond donors (Lipinski definition) is 2. The molecule has 66 valence electrons. The monoisotopic (exact) mass is 166 g/mol. The second-order valence-electron chi connectivity index (χ2n) is 2.85. The van der Waals surface area contributed by atoms with E-state index >= 15 is 0 Å². The number of nitrogens with one attached hydrogen (secondary N) is 2. The third-order valence-electron chi connectivity index (χ3n) is 1.62. The number of urea groups is 1. The summed E-state index contributed by atoms with van der Waals surface area (Å²) in [6.45, 7) is 2.43. The van der Waals surface area contributed by atoms with Crippen molar-refractivity contribution in [1.29, 1.82) is 0 Å². The Labute approximate surface area is 72.9 Å². The van der Waals surface area contributed by atoms with Crippen molar-refractivity contribution in [1.82, 2.24) is 10.6 Å². The lowest BCUT2D eigenvalue weighted by molar-refractivity contribution is 0.240. The molecule has 1 aliphatic carbocycles. The number of carbonyl (C=O) groups is 1. The van der Waals surface area contributed by atoms with Gasteiger partial charge >= 0.3 is 6.03 Å². The zero-order valence-corrected chi connectivity index (χ0v) is 7.31. The highest BCUT2D eigenvalue weighted by Gasteiger charge is 2.22. The van der Waals surface area contributed by atoms with Crippen LogP contribution in [0.1, 0.15) is 26.2 Å². The highest BCUT2D eigenvalue weighted by Crippen LogP contribution is 2.17. The van der Waals surface area contributed by atoms with Gasteiger partial charge in [-0.25, -0.2) is 4.79 Å². The van der Waals surface area contributed by atoms with Crippen LogP contribution in [0.5, 0.6) is 0 Å². The van der Waals surface area contributed by atoms with Crippen LogP contribution >= 0.6 is 0 Å². The minimum absolute atomic E-state index is 0.0598. The van der Waals surface area contributed by atoms with E-state index in [0.717, 1.165) is 19.3 Å². The summed E-state index contributed by atoms with van der Waals surface area (Å²) in [6.07, 6.45) is 2.99. The number of carbonyl (C=O) groups excluding carboxylic acids is 1. The molecule has 12 heavy (non-hydrogen) atoms. The van der Waals surface area contributed by atoms with Gasteiger partial charge in [0.2, 0.25) is 0 Å². The second-order valence-corrected chi connectivity index (χ2v) is 2.85. The lowest BCUT2D eigenvalue weighted by Gasteiger charge is -2.03. The quantitative estimate of drug-likeness (QED) is 0.474. The Morgan fingerprint density at radius 2 is 2.33 bits per heavy atom. The van der Waals surface area contributed by atoms with Gasteiger partial charge in [-0.1, -0.05) is 0 Å². The summed E-state index contributed by atoms with van der Waals surface area (Å²) >= 11 is 0. The van der Waals surface area contributed by atoms with Gasteiger partial charge in [0, 0.05) is 19.0 Å². The van der Waals surface area contributed by atoms with E-state index in [9.17, 15) is 4.79 Å². The highest BCUT2D eigenvalue weighted by molar-refractivity contribution is 5.74. The van der Waals surface area contributed by atoms with Gasteiger partial charge < -0.3 is 10.6 Å². The van der Waals surface area contributed by atoms with Gasteiger partial charge in [0.1, 0.15) is 0 Å². The molecule has 2 amide bonds. The first-order valence-corrected chi connectivity index (χ1v) is 4.27. The van der Waals surface area contributed by atoms with Crippen LogP contribution in [-0.2, 0) is 0 Å². The van der Waals surface area contributed by atoms with Crippen molar-refractivity contribution in [2.45, 2.75) is 32.2 Å². The van der Waals surface area contributed by atoms with Crippen LogP contribution in [0.15, 0.2) is 0 Å². The van der Waals surface area contributed by atoms with Crippen molar-refractivity contribution in [2.24, 2.45) is 0 Å². The average molecular weight is 166 g/mol. The van der Waals surface area contributed by atoms with Crippen molar-refractivity contribution in [3.63, 3.8) is 0 Å². The van der Waals surface area contributed by atoms with Crippen molar-refractivity contribution < 1.29 is 4.79 Å². The molecule has 0 atom stereocenters. The molecule has 3 heteroatoms. The normalized spacial score (nSPS) is 14.4. The molecule has 0 aliphatic heterocycles. The van der Waals surface area contributed by atoms with Crippen molar-refractivity contribution in [3.8, 4) is 11.8 Å². The lowest BCUT2D eigenvalue weighted by atomic mass is 10.4. The largest absolute Gasteiger partial charge is 0.337 e. The minimum atomic E-state index is -0.0598. The maximum absolute atomic E-state index is 11.0. The molecule has 0 aromatic carbocycles. The zero-order chi connectivity index (χ0) is 8.81. The smallest absolute Gasteiger partial charge is 0.315 e. The summed E-state index contributed by atoms with van der Waals surface area (Å²) in [5, 5.41) is 5.57. The Morgan fingerprint density at radius 1 is 1.58 bits per heavy atom. The maximum Gasteiger partial charge on any atom is 0.315 e. The summed E-state index contributed by atoms with van der Waals surface area (Å²) in [5.74, 6) is 5.65. The van der Waals surface area contributed by atoms with E-state index < -0.39 is 0 Å². The van der Waals surface area contributed by atoms with Gasteiger partial charge in [-0.15, -0.1) is 11.8 Å². The first-order chi connectivity index (χ1) is 5.83. The van der Waals surface area contributed by atoms with Gasteiger partial charge in [-0.3, -0.25) is 0 Å². The summed E-state index contributed by atoms with van der Waals surface area (Å²) in [7, 11) is 0. The molecule has 1 saturated carbocycles. The Balaban J connectivity index is 1.96. The van der Waals surface area contributed by atoms with Crippen LogP contribution in [0.4, 0.5) is 4.79 Å². The Morgan fingerprint density at radius 3 is 2.92 bits per heavy atom. The summed E-state index contributed by atoms with van der Waals surface area (Å²) < 4.78 is 0. The third kappa shape index (κ3) is 3.87. The van der Waals surface area contributed by atoms with E-state index in [-0.39, 0.29) is 6.03 Å². The van der Waals surface area contributed by atoms with Gasteiger partial charge in [0.25, 0.3) is 0 Å². The molecule has 1 rings (SSSR count). The van der Waals surface area contributed by atoms with E-state index in [0.29, 0.717) is 12.6 Å². The van der Waals surface area contributed by atoms with Gasteiger partial charge in [0.15, 0.2) is 0 Å². The molecule has 3 nitrogen and oxygen atoms in total. The first kappa shape index (κ1) is 8.92. The van der Waals surface area contributed by atoms with Crippen molar-refractivity contribution in [2.75, 3.05) is 6.54 Å². The Hall–Kier alpha value is -1.17. The molecule has 2 N–H and O–H groups in total. The standard InChI is InChI=1S/C9H14N2O/c1-2-3-4-7-10-9(12)11-8-5-6-8/h8H,4-7H2,1H3,(H2,10,11,12). The van der Waals surface area contributed by atoms with Gasteiger partial charge in [-0.2, -0.15) is 0 Å². The lowest BCUT2D eigenvalue weighted by Crippen LogP contribution is -2.37. The van der Waals surface area contributed by atoms with E-state index in [1.807, 2.05) is 0 Å². The van der Waals surface area contributed by atoms with Crippen LogP contribution in [0.2, 0.25) is 0 Å². The first-order valence-electron chi connectivity index (χ1n) is 4.27. The van der Waals surface area contributed by atoms with Crippen LogP contribution in [0.3, 0.4) is 0 Å². The maximum atomic E-state index is 11.0. The second kappa shape index (κ2) is 4.66. The Bertz CT molecular complexity index is 210.